The van der Waals surface area contributed by atoms with E-state index in [0.717, 1.165) is 31.6 Å². The summed E-state index contributed by atoms with van der Waals surface area (Å²) in [6, 6.07) is 6.77. The Hall–Kier alpha value is -0.680. The zero-order valence-electron chi connectivity index (χ0n) is 10.5. The smallest absolute Gasteiger partial charge is 0.123 e. The Morgan fingerprint density at radius 3 is 2.61 bits per heavy atom. The van der Waals surface area contributed by atoms with E-state index < -0.39 is 0 Å². The van der Waals surface area contributed by atoms with Gasteiger partial charge in [0.2, 0.25) is 0 Å². The molecule has 0 aromatic heterocycles. The van der Waals surface area contributed by atoms with E-state index in [0.29, 0.717) is 0 Å². The minimum atomic E-state index is -0.208. The Kier molecular flexibility index (Phi) is 6.02. The summed E-state index contributed by atoms with van der Waals surface area (Å²) in [5.74, 6) is -0.208. The van der Waals surface area contributed by atoms with Crippen LogP contribution in [0.5, 0.6) is 0 Å². The number of aliphatic hydroxyl groups excluding tert-OH is 1. The summed E-state index contributed by atoms with van der Waals surface area (Å²) in [4.78, 5) is 2.23. The predicted octanol–water partition coefficient (Wildman–Crippen LogP) is 1.57. The first-order valence-corrected chi connectivity index (χ1v) is 6.02. The van der Waals surface area contributed by atoms with Gasteiger partial charge in [-0.3, -0.25) is 4.90 Å². The number of hydrogen-bond donors (Lipinski definition) is 2. The van der Waals surface area contributed by atoms with Gasteiger partial charge in [-0.25, -0.2) is 4.39 Å². The molecule has 0 spiro atoms. The van der Waals surface area contributed by atoms with Gasteiger partial charge in [0.1, 0.15) is 5.82 Å². The number of likely N-dealkylation sites (tertiary alicyclic amines) is 1. The summed E-state index contributed by atoms with van der Waals surface area (Å²) in [6.45, 7) is 2.51. The van der Waals surface area contributed by atoms with Crippen molar-refractivity contribution in [3.63, 3.8) is 0 Å². The zero-order valence-corrected chi connectivity index (χ0v) is 11.3. The summed E-state index contributed by atoms with van der Waals surface area (Å²) in [6.07, 6.45) is 0.653. The van der Waals surface area contributed by atoms with Crippen molar-refractivity contribution < 1.29 is 9.50 Å². The summed E-state index contributed by atoms with van der Waals surface area (Å²) in [5.41, 5.74) is 1.08. The predicted molar refractivity (Wildman–Crippen MR) is 72.5 cm³/mol. The molecule has 0 bridgehead atoms. The highest BCUT2D eigenvalue weighted by Crippen LogP contribution is 2.17. The number of aliphatic hydroxyl groups is 1. The van der Waals surface area contributed by atoms with Crippen molar-refractivity contribution in [1.82, 2.24) is 10.2 Å². The summed E-state index contributed by atoms with van der Waals surface area (Å²) in [5, 5.41) is 12.7. The lowest BCUT2D eigenvalue weighted by atomic mass is 10.1. The highest BCUT2D eigenvalue weighted by Gasteiger charge is 2.22. The second kappa shape index (κ2) is 7.04. The Morgan fingerprint density at radius 1 is 1.44 bits per heavy atom. The van der Waals surface area contributed by atoms with Gasteiger partial charge >= 0.3 is 0 Å². The zero-order chi connectivity index (χ0) is 12.3. The lowest BCUT2D eigenvalue weighted by molar-refractivity contribution is 0.173. The van der Waals surface area contributed by atoms with Crippen LogP contribution in [0.3, 0.4) is 0 Å². The first kappa shape index (κ1) is 15.4. The monoisotopic (exact) mass is 274 g/mol. The fourth-order valence-electron chi connectivity index (χ4n) is 2.29. The van der Waals surface area contributed by atoms with E-state index in [1.807, 2.05) is 19.2 Å². The molecule has 102 valence electrons. The quantitative estimate of drug-likeness (QED) is 0.875. The van der Waals surface area contributed by atoms with E-state index in [-0.39, 0.29) is 30.4 Å². The summed E-state index contributed by atoms with van der Waals surface area (Å²) < 4.78 is 12.8. The van der Waals surface area contributed by atoms with Crippen LogP contribution in [0.25, 0.3) is 0 Å². The Labute approximate surface area is 113 Å². The highest BCUT2D eigenvalue weighted by atomic mass is 35.5. The van der Waals surface area contributed by atoms with Gasteiger partial charge in [-0.2, -0.15) is 0 Å². The maximum atomic E-state index is 12.8. The van der Waals surface area contributed by atoms with Crippen LogP contribution < -0.4 is 5.32 Å². The number of benzene rings is 1. The lowest BCUT2D eigenvalue weighted by Gasteiger charge is -2.23. The first-order chi connectivity index (χ1) is 8.19. The van der Waals surface area contributed by atoms with E-state index >= 15 is 0 Å². The largest absolute Gasteiger partial charge is 0.392 e. The van der Waals surface area contributed by atoms with Gasteiger partial charge in [-0.05, 0) is 31.2 Å². The van der Waals surface area contributed by atoms with Gasteiger partial charge in [0, 0.05) is 25.7 Å². The van der Waals surface area contributed by atoms with Crippen molar-refractivity contribution in [3.8, 4) is 0 Å². The average molecular weight is 275 g/mol. The molecule has 2 atom stereocenters. The third-order valence-corrected chi connectivity index (χ3v) is 3.31. The van der Waals surface area contributed by atoms with Crippen LogP contribution in [0.1, 0.15) is 18.0 Å². The van der Waals surface area contributed by atoms with Crippen molar-refractivity contribution in [3.05, 3.63) is 35.6 Å². The molecule has 3 nitrogen and oxygen atoms in total. The fourth-order valence-corrected chi connectivity index (χ4v) is 2.29. The molecule has 2 N–H and O–H groups in total. The molecule has 1 aromatic carbocycles. The maximum absolute atomic E-state index is 12.8. The Balaban J connectivity index is 0.00000162. The molecule has 5 heteroatoms. The molecule has 0 aliphatic carbocycles. The van der Waals surface area contributed by atoms with Gasteiger partial charge in [0.15, 0.2) is 0 Å². The molecule has 1 aromatic rings. The van der Waals surface area contributed by atoms with Gasteiger partial charge in [0.25, 0.3) is 0 Å². The van der Waals surface area contributed by atoms with Crippen molar-refractivity contribution in [2.24, 2.45) is 0 Å². The Morgan fingerprint density at radius 2 is 2.11 bits per heavy atom. The Bertz CT molecular complexity index is 361. The lowest BCUT2D eigenvalue weighted by Crippen LogP contribution is -2.33. The first-order valence-electron chi connectivity index (χ1n) is 6.02. The van der Waals surface area contributed by atoms with E-state index in [1.54, 1.807) is 0 Å². The van der Waals surface area contributed by atoms with Gasteiger partial charge in [-0.1, -0.05) is 12.1 Å². The van der Waals surface area contributed by atoms with E-state index in [9.17, 15) is 9.50 Å². The fraction of sp³-hybridized carbons (Fsp3) is 0.538. The normalized spacial score (nSPS) is 21.6. The molecular formula is C13H20ClFN2O. The van der Waals surface area contributed by atoms with Crippen LogP contribution in [0.15, 0.2) is 24.3 Å². The van der Waals surface area contributed by atoms with Crippen LogP contribution in [-0.4, -0.2) is 42.8 Å². The second-order valence-electron chi connectivity index (χ2n) is 4.59. The molecule has 0 saturated carbocycles. The molecule has 0 amide bonds. The van der Waals surface area contributed by atoms with E-state index in [1.165, 1.54) is 12.1 Å². The SMILES string of the molecule is CNC(CN1CCC(O)C1)c1ccc(F)cc1.Cl. The number of nitrogens with one attached hydrogen (secondary N) is 1. The topological polar surface area (TPSA) is 35.5 Å². The second-order valence-corrected chi connectivity index (χ2v) is 4.59. The van der Waals surface area contributed by atoms with Crippen molar-refractivity contribution in [2.75, 3.05) is 26.7 Å². The standard InChI is InChI=1S/C13H19FN2O.ClH/c1-15-13(9-16-7-6-12(17)8-16)10-2-4-11(14)5-3-10;/h2-5,12-13,15,17H,6-9H2,1H3;1H. The van der Waals surface area contributed by atoms with E-state index in [4.69, 9.17) is 0 Å². The molecule has 1 aliphatic heterocycles. The molecule has 1 fully saturated rings. The van der Waals surface area contributed by atoms with Crippen LogP contribution in [0.4, 0.5) is 4.39 Å². The molecular weight excluding hydrogens is 255 g/mol. The minimum absolute atomic E-state index is 0. The molecule has 0 radical (unpaired) electrons. The molecule has 1 heterocycles. The number of halogens is 2. The molecule has 1 saturated heterocycles. The number of likely N-dealkylation sites (N-methyl/N-ethyl adjacent to an activating group) is 1. The van der Waals surface area contributed by atoms with Crippen molar-refractivity contribution >= 4 is 12.4 Å². The van der Waals surface area contributed by atoms with Crippen LogP contribution in [0, 0.1) is 5.82 Å². The van der Waals surface area contributed by atoms with E-state index in [2.05, 4.69) is 10.2 Å². The number of nitrogens with zero attached hydrogens (tertiary/aromatic N) is 1. The van der Waals surface area contributed by atoms with Crippen LogP contribution in [-0.2, 0) is 0 Å². The molecule has 2 rings (SSSR count). The highest BCUT2D eigenvalue weighted by molar-refractivity contribution is 5.85. The van der Waals surface area contributed by atoms with Gasteiger partial charge < -0.3 is 10.4 Å². The third-order valence-electron chi connectivity index (χ3n) is 3.31. The number of rotatable bonds is 4. The van der Waals surface area contributed by atoms with Crippen LogP contribution >= 0.6 is 12.4 Å². The summed E-state index contributed by atoms with van der Waals surface area (Å²) >= 11 is 0. The molecule has 2 unspecified atom stereocenters. The number of hydrogen-bond acceptors (Lipinski definition) is 3. The van der Waals surface area contributed by atoms with Crippen LogP contribution in [0.2, 0.25) is 0 Å². The van der Waals surface area contributed by atoms with Crippen molar-refractivity contribution in [2.45, 2.75) is 18.6 Å². The summed E-state index contributed by atoms with van der Waals surface area (Å²) in [7, 11) is 1.90. The number of β-amino-alcohol motifs (C(OH)–C–C–N with tert-alkyl or cyclic N) is 1. The third kappa shape index (κ3) is 3.92. The van der Waals surface area contributed by atoms with Gasteiger partial charge in [0.05, 0.1) is 6.10 Å². The minimum Gasteiger partial charge on any atom is -0.392 e. The maximum Gasteiger partial charge on any atom is 0.123 e. The average Bonchev–Trinajstić information content (AvgIpc) is 2.73. The van der Waals surface area contributed by atoms with Gasteiger partial charge in [-0.15, -0.1) is 12.4 Å². The molecule has 1 aliphatic rings. The van der Waals surface area contributed by atoms with Crippen molar-refractivity contribution in [1.29, 1.82) is 0 Å². The molecule has 18 heavy (non-hydrogen) atoms.